The second kappa shape index (κ2) is 17.7. The van der Waals surface area contributed by atoms with Crippen LogP contribution >= 0.6 is 11.3 Å². The van der Waals surface area contributed by atoms with Crippen molar-refractivity contribution in [1.29, 1.82) is 0 Å². The Morgan fingerprint density at radius 3 is 2.46 bits per heavy atom. The molecule has 8 rings (SSSR count). The van der Waals surface area contributed by atoms with Crippen molar-refractivity contribution >= 4 is 45.2 Å². The van der Waals surface area contributed by atoms with Gasteiger partial charge < -0.3 is 25.0 Å². The number of hydrogen-bond acceptors (Lipinski definition) is 13. The Morgan fingerprint density at radius 2 is 1.74 bits per heavy atom. The third-order valence-corrected chi connectivity index (χ3v) is 13.9. The Kier molecular flexibility index (Phi) is 12.2. The van der Waals surface area contributed by atoms with E-state index in [1.807, 2.05) is 41.8 Å². The summed E-state index contributed by atoms with van der Waals surface area (Å²) in [5.41, 5.74) is 0.927. The summed E-state index contributed by atoms with van der Waals surface area (Å²) in [6.45, 7) is 1.76. The molecule has 19 heteroatoms. The van der Waals surface area contributed by atoms with Gasteiger partial charge in [-0.15, -0.1) is 16.4 Å². The van der Waals surface area contributed by atoms with Gasteiger partial charge in [-0.05, 0) is 94.2 Å². The van der Waals surface area contributed by atoms with Crippen LogP contribution in [0, 0.1) is 12.8 Å². The number of hydrogen-bond donors (Lipinski definition) is 3. The molecule has 17 nitrogen and oxygen atoms in total. The van der Waals surface area contributed by atoms with Crippen LogP contribution in [-0.2, 0) is 29.1 Å². The monoisotopic (exact) mass is 871 g/mol. The molecule has 3 fully saturated rings. The molecular formula is C42H49N9O8S2. The lowest BCUT2D eigenvalue weighted by molar-refractivity contribution is -0.141. The molecule has 2 aliphatic carbocycles. The van der Waals surface area contributed by atoms with E-state index in [1.54, 1.807) is 26.3 Å². The predicted octanol–water partition coefficient (Wildman–Crippen LogP) is 4.86. The van der Waals surface area contributed by atoms with Crippen molar-refractivity contribution in [1.82, 2.24) is 45.2 Å². The van der Waals surface area contributed by atoms with E-state index >= 15 is 0 Å². The number of nitrogens with zero attached hydrogens (tertiary/aromatic N) is 6. The molecule has 0 bridgehead atoms. The van der Waals surface area contributed by atoms with Gasteiger partial charge in [0.15, 0.2) is 5.03 Å². The standard InChI is InChI=1S/C42H49N9O8S2/c1-26-14-19-34(44-24-26)61(56,57)49-40(54)42-23-28(42)10-6-4-3-5-7-13-32(45-41(55)59-31-11-8-9-12-31)39(53)50-25-29(22-33(50)37(52)46-42)51-47-35(27-15-17-30(58-2)18-16-27)36(48-51)38-43-20-21-60-38/h6,10,14-21,24,28-29,31-33H,3-5,7-9,11-13,22-23,25H2,1-2H3,(H,45,55)(H,46,52)(H,49,54)/b10-6+/t28-,29-,32-,33+,42-/m1/s1. The molecule has 0 radical (unpaired) electrons. The van der Waals surface area contributed by atoms with Crippen molar-refractivity contribution in [3.8, 4) is 27.7 Å². The number of nitrogens with one attached hydrogen (secondary N) is 3. The summed E-state index contributed by atoms with van der Waals surface area (Å²) >= 11 is 1.39. The number of thiazole rings is 1. The molecule has 2 saturated carbocycles. The fourth-order valence-corrected chi connectivity index (χ4v) is 9.98. The van der Waals surface area contributed by atoms with E-state index in [0.717, 1.165) is 49.7 Å². The number of methoxy groups -OCH3 is 1. The molecule has 3 aromatic heterocycles. The van der Waals surface area contributed by atoms with Gasteiger partial charge in [-0.25, -0.2) is 19.5 Å². The fourth-order valence-electron chi connectivity index (χ4n) is 8.39. The van der Waals surface area contributed by atoms with Crippen LogP contribution in [0.1, 0.15) is 82.2 Å². The Balaban J connectivity index is 1.13. The van der Waals surface area contributed by atoms with Crippen molar-refractivity contribution in [3.63, 3.8) is 0 Å². The molecule has 5 heterocycles. The van der Waals surface area contributed by atoms with Gasteiger partial charge in [-0.1, -0.05) is 31.1 Å². The molecule has 1 aromatic carbocycles. The third kappa shape index (κ3) is 9.17. The molecule has 4 amide bonds. The number of ether oxygens (including phenoxy) is 2. The minimum Gasteiger partial charge on any atom is -0.497 e. The zero-order valence-corrected chi connectivity index (χ0v) is 35.6. The van der Waals surface area contributed by atoms with Crippen molar-refractivity contribution in [3.05, 3.63) is 71.9 Å². The summed E-state index contributed by atoms with van der Waals surface area (Å²) in [5.74, 6) is -1.89. The first-order chi connectivity index (χ1) is 29.4. The van der Waals surface area contributed by atoms with Crippen LogP contribution < -0.4 is 20.1 Å². The number of aryl methyl sites for hydroxylation is 1. The van der Waals surface area contributed by atoms with Gasteiger partial charge in [0.05, 0.1) is 13.2 Å². The highest BCUT2D eigenvalue weighted by molar-refractivity contribution is 7.90. The molecule has 3 N–H and O–H groups in total. The highest BCUT2D eigenvalue weighted by Gasteiger charge is 2.62. The van der Waals surface area contributed by atoms with Gasteiger partial charge >= 0.3 is 6.09 Å². The average molecular weight is 872 g/mol. The number of aromatic nitrogens is 5. The van der Waals surface area contributed by atoms with E-state index in [-0.39, 0.29) is 30.5 Å². The number of carbonyl (C=O) groups is 4. The van der Waals surface area contributed by atoms with Crippen LogP contribution in [0.5, 0.6) is 5.75 Å². The summed E-state index contributed by atoms with van der Waals surface area (Å²) in [4.78, 5) is 68.3. The quantitative estimate of drug-likeness (QED) is 0.192. The summed E-state index contributed by atoms with van der Waals surface area (Å²) in [6.07, 6.45) is 12.7. The molecule has 4 aliphatic rings. The van der Waals surface area contributed by atoms with Crippen molar-refractivity contribution in [2.75, 3.05) is 13.7 Å². The van der Waals surface area contributed by atoms with E-state index in [2.05, 4.69) is 25.3 Å². The number of rotatable bonds is 9. The topological polar surface area (TPSA) is 217 Å². The Morgan fingerprint density at radius 1 is 0.967 bits per heavy atom. The zero-order valence-electron chi connectivity index (χ0n) is 34.0. The highest BCUT2D eigenvalue weighted by atomic mass is 32.2. The number of sulfonamides is 1. The minimum atomic E-state index is -4.40. The van der Waals surface area contributed by atoms with Crippen LogP contribution in [0.4, 0.5) is 4.79 Å². The lowest BCUT2D eigenvalue weighted by Crippen LogP contribution is -2.58. The van der Waals surface area contributed by atoms with E-state index < -0.39 is 63.4 Å². The maximum Gasteiger partial charge on any atom is 0.408 e. The summed E-state index contributed by atoms with van der Waals surface area (Å²) in [6, 6.07) is 7.46. The largest absolute Gasteiger partial charge is 0.497 e. The van der Waals surface area contributed by atoms with Crippen LogP contribution in [0.15, 0.2) is 71.3 Å². The number of amides is 4. The van der Waals surface area contributed by atoms with Crippen LogP contribution in [0.25, 0.3) is 22.0 Å². The van der Waals surface area contributed by atoms with Gasteiger partial charge in [0.2, 0.25) is 11.8 Å². The number of fused-ring (bicyclic) bond motifs is 2. The number of pyridine rings is 1. The van der Waals surface area contributed by atoms with Gasteiger partial charge in [-0.2, -0.15) is 18.3 Å². The third-order valence-electron chi connectivity index (χ3n) is 11.9. The summed E-state index contributed by atoms with van der Waals surface area (Å²) in [5, 5.41) is 17.7. The van der Waals surface area contributed by atoms with Gasteiger partial charge in [-0.3, -0.25) is 14.4 Å². The number of alkyl carbamates (subject to hydrolysis) is 1. The van der Waals surface area contributed by atoms with E-state index in [9.17, 15) is 27.6 Å². The molecule has 4 aromatic rings. The molecule has 61 heavy (non-hydrogen) atoms. The van der Waals surface area contributed by atoms with Crippen molar-refractivity contribution in [2.45, 2.75) is 112 Å². The normalized spacial score (nSPS) is 25.3. The number of benzene rings is 1. The highest BCUT2D eigenvalue weighted by Crippen LogP contribution is 2.46. The zero-order chi connectivity index (χ0) is 42.7. The summed E-state index contributed by atoms with van der Waals surface area (Å²) < 4.78 is 40.0. The smallest absolute Gasteiger partial charge is 0.408 e. The van der Waals surface area contributed by atoms with Crippen molar-refractivity contribution < 1.29 is 37.1 Å². The second-order valence-corrected chi connectivity index (χ2v) is 18.7. The van der Waals surface area contributed by atoms with Crippen LogP contribution in [-0.4, -0.2) is 99.5 Å². The molecule has 5 atom stereocenters. The summed E-state index contributed by atoms with van der Waals surface area (Å²) in [7, 11) is -2.82. The number of allylic oxidation sites excluding steroid dienone is 1. The second-order valence-electron chi connectivity index (χ2n) is 16.1. The Labute approximate surface area is 357 Å². The SMILES string of the molecule is COc1ccc(-c2nn([C@@H]3C[C@H]4C(=O)N[C@]5(C(=O)NS(=O)(=O)c6ccc(C)cn6)C[C@H]5/C=C/CCCCC[C@@H](NC(=O)OC5CCCC5)C(=O)N4C3)nc2-c2nccs2)cc1. The molecule has 0 spiro atoms. The van der Waals surface area contributed by atoms with Gasteiger partial charge in [0.1, 0.15) is 45.9 Å². The van der Waals surface area contributed by atoms with E-state index in [1.165, 1.54) is 33.3 Å². The van der Waals surface area contributed by atoms with Crippen LogP contribution in [0.3, 0.4) is 0 Å². The maximum absolute atomic E-state index is 14.8. The first-order valence-electron chi connectivity index (χ1n) is 20.7. The molecule has 0 unspecified atom stereocenters. The predicted molar refractivity (Wildman–Crippen MR) is 223 cm³/mol. The van der Waals surface area contributed by atoms with Crippen molar-refractivity contribution in [2.24, 2.45) is 5.92 Å². The molecule has 322 valence electrons. The van der Waals surface area contributed by atoms with E-state index in [4.69, 9.17) is 19.7 Å². The lowest BCUT2D eigenvalue weighted by Gasteiger charge is -2.30. The maximum atomic E-state index is 14.8. The van der Waals surface area contributed by atoms with E-state index in [0.29, 0.717) is 41.4 Å². The molecular weight excluding hydrogens is 823 g/mol. The first kappa shape index (κ1) is 42.0. The Bertz CT molecular complexity index is 2380. The molecule has 2 aliphatic heterocycles. The average Bonchev–Trinajstić information content (AvgIpc) is 3.90. The molecule has 1 saturated heterocycles. The fraction of sp³-hybridized carbons (Fsp3) is 0.476. The van der Waals surface area contributed by atoms with Gasteiger partial charge in [0, 0.05) is 42.2 Å². The van der Waals surface area contributed by atoms with Crippen LogP contribution in [0.2, 0.25) is 0 Å². The minimum absolute atomic E-state index is 0.00316. The van der Waals surface area contributed by atoms with Gasteiger partial charge in [0.25, 0.3) is 15.9 Å². The lowest BCUT2D eigenvalue weighted by atomic mass is 10.0. The first-order valence-corrected chi connectivity index (χ1v) is 23.1. The number of carbonyl (C=O) groups excluding carboxylic acids is 4. The Hall–Kier alpha value is -5.69.